The van der Waals surface area contributed by atoms with Crippen molar-refractivity contribution in [2.24, 2.45) is 0 Å². The standard InChI is InChI=1S/C19H15FN2O4/c1-11(22-18(25)14-4-2-3-5-15(14)19(22)26)17(24)21-10-16(23)12-6-8-13(20)9-7-12/h2-9,11H,10H2,1H3,(H,21,24)/t11-/m1/s1. The van der Waals surface area contributed by atoms with Crippen LogP contribution >= 0.6 is 0 Å². The number of imide groups is 1. The van der Waals surface area contributed by atoms with Crippen LogP contribution in [-0.4, -0.2) is 41.0 Å². The van der Waals surface area contributed by atoms with Crippen molar-refractivity contribution in [1.82, 2.24) is 10.2 Å². The van der Waals surface area contributed by atoms with Crippen molar-refractivity contribution in [3.63, 3.8) is 0 Å². The first kappa shape index (κ1) is 17.5. The van der Waals surface area contributed by atoms with Gasteiger partial charge >= 0.3 is 0 Å². The molecule has 2 aromatic carbocycles. The Morgan fingerprint density at radius 3 is 2.08 bits per heavy atom. The van der Waals surface area contributed by atoms with E-state index in [4.69, 9.17) is 0 Å². The predicted octanol–water partition coefficient (Wildman–Crippen LogP) is 1.81. The molecular formula is C19H15FN2O4. The van der Waals surface area contributed by atoms with Crippen LogP contribution in [0.1, 0.15) is 38.0 Å². The maximum atomic E-state index is 12.9. The van der Waals surface area contributed by atoms with E-state index in [1.54, 1.807) is 12.1 Å². The quantitative estimate of drug-likeness (QED) is 0.656. The van der Waals surface area contributed by atoms with Crippen LogP contribution < -0.4 is 5.32 Å². The number of nitrogens with one attached hydrogen (secondary N) is 1. The Balaban J connectivity index is 1.65. The molecule has 0 spiro atoms. The Kier molecular flexibility index (Phi) is 4.62. The maximum Gasteiger partial charge on any atom is 0.262 e. The van der Waals surface area contributed by atoms with Crippen molar-refractivity contribution in [2.45, 2.75) is 13.0 Å². The van der Waals surface area contributed by atoms with Gasteiger partial charge in [-0.2, -0.15) is 0 Å². The summed E-state index contributed by atoms with van der Waals surface area (Å²) in [7, 11) is 0. The van der Waals surface area contributed by atoms with E-state index in [2.05, 4.69) is 5.32 Å². The second-order valence-corrected chi connectivity index (χ2v) is 5.85. The van der Waals surface area contributed by atoms with Crippen LogP contribution in [-0.2, 0) is 4.79 Å². The number of halogens is 1. The van der Waals surface area contributed by atoms with E-state index in [1.165, 1.54) is 31.2 Å². The van der Waals surface area contributed by atoms with Crippen molar-refractivity contribution in [1.29, 1.82) is 0 Å². The Bertz CT molecular complexity index is 873. The summed E-state index contributed by atoms with van der Waals surface area (Å²) in [6, 6.07) is 10.2. The zero-order valence-electron chi connectivity index (χ0n) is 13.9. The molecule has 26 heavy (non-hydrogen) atoms. The number of hydrogen-bond donors (Lipinski definition) is 1. The van der Waals surface area contributed by atoms with Gasteiger partial charge in [0.05, 0.1) is 17.7 Å². The summed E-state index contributed by atoms with van der Waals surface area (Å²) in [5.41, 5.74) is 0.749. The first-order valence-electron chi connectivity index (χ1n) is 7.93. The van der Waals surface area contributed by atoms with Gasteiger partial charge in [-0.3, -0.25) is 24.1 Å². The molecule has 0 unspecified atom stereocenters. The molecule has 1 aliphatic rings. The van der Waals surface area contributed by atoms with Crippen molar-refractivity contribution in [3.05, 3.63) is 71.0 Å². The van der Waals surface area contributed by atoms with Crippen molar-refractivity contribution in [2.75, 3.05) is 6.54 Å². The highest BCUT2D eigenvalue weighted by Crippen LogP contribution is 2.24. The Hall–Kier alpha value is -3.35. The van der Waals surface area contributed by atoms with Crippen LogP contribution in [0.15, 0.2) is 48.5 Å². The van der Waals surface area contributed by atoms with E-state index in [0.717, 1.165) is 17.0 Å². The number of nitrogens with zero attached hydrogens (tertiary/aromatic N) is 1. The Morgan fingerprint density at radius 1 is 1.00 bits per heavy atom. The van der Waals surface area contributed by atoms with E-state index in [9.17, 15) is 23.6 Å². The highest BCUT2D eigenvalue weighted by Gasteiger charge is 2.40. The van der Waals surface area contributed by atoms with E-state index in [1.807, 2.05) is 0 Å². The summed E-state index contributed by atoms with van der Waals surface area (Å²) < 4.78 is 12.9. The van der Waals surface area contributed by atoms with Crippen LogP contribution in [0.5, 0.6) is 0 Å². The Labute approximate surface area is 148 Å². The summed E-state index contributed by atoms with van der Waals surface area (Å²) in [5, 5.41) is 2.41. The van der Waals surface area contributed by atoms with E-state index >= 15 is 0 Å². The molecule has 0 saturated heterocycles. The molecule has 3 rings (SSSR count). The summed E-state index contributed by atoms with van der Waals surface area (Å²) in [6.45, 7) is 1.09. The maximum absolute atomic E-state index is 12.9. The molecule has 132 valence electrons. The van der Waals surface area contributed by atoms with Crippen LogP contribution in [0.3, 0.4) is 0 Å². The number of rotatable bonds is 5. The van der Waals surface area contributed by atoms with Gasteiger partial charge in [0.15, 0.2) is 5.78 Å². The average Bonchev–Trinajstić information content (AvgIpc) is 2.90. The lowest BCUT2D eigenvalue weighted by Crippen LogP contribution is -2.48. The van der Waals surface area contributed by atoms with Gasteiger partial charge in [0.25, 0.3) is 11.8 Å². The third-order valence-corrected chi connectivity index (χ3v) is 4.18. The van der Waals surface area contributed by atoms with Crippen molar-refractivity contribution < 1.29 is 23.6 Å². The fraction of sp³-hybridized carbons (Fsp3) is 0.158. The van der Waals surface area contributed by atoms with Crippen molar-refractivity contribution in [3.8, 4) is 0 Å². The number of hydrogen-bond acceptors (Lipinski definition) is 4. The molecule has 0 fully saturated rings. The molecule has 6 nitrogen and oxygen atoms in total. The zero-order valence-corrected chi connectivity index (χ0v) is 13.9. The largest absolute Gasteiger partial charge is 0.347 e. The van der Waals surface area contributed by atoms with Crippen LogP contribution in [0.25, 0.3) is 0 Å². The van der Waals surface area contributed by atoms with E-state index in [-0.39, 0.29) is 23.2 Å². The first-order valence-corrected chi connectivity index (χ1v) is 7.93. The fourth-order valence-corrected chi connectivity index (χ4v) is 2.73. The third kappa shape index (κ3) is 3.11. The number of carbonyl (C=O) groups excluding carboxylic acids is 4. The second kappa shape index (κ2) is 6.87. The SMILES string of the molecule is C[C@H](C(=O)NCC(=O)c1ccc(F)cc1)N1C(=O)c2ccccc2C1=O. The van der Waals surface area contributed by atoms with E-state index in [0.29, 0.717) is 0 Å². The van der Waals surface area contributed by atoms with Gasteiger partial charge < -0.3 is 5.32 Å². The molecule has 2 aromatic rings. The lowest BCUT2D eigenvalue weighted by Gasteiger charge is -2.21. The highest BCUT2D eigenvalue weighted by molar-refractivity contribution is 6.22. The molecule has 1 heterocycles. The second-order valence-electron chi connectivity index (χ2n) is 5.85. The molecule has 0 aromatic heterocycles. The fourth-order valence-electron chi connectivity index (χ4n) is 2.73. The number of benzene rings is 2. The summed E-state index contributed by atoms with van der Waals surface area (Å²) in [5.74, 6) is -2.59. The summed E-state index contributed by atoms with van der Waals surface area (Å²) in [6.07, 6.45) is 0. The number of Topliss-reactive ketones (excluding diaryl/α,β-unsaturated/α-hetero) is 1. The highest BCUT2D eigenvalue weighted by atomic mass is 19.1. The third-order valence-electron chi connectivity index (χ3n) is 4.18. The molecule has 1 aliphatic heterocycles. The van der Waals surface area contributed by atoms with Crippen LogP contribution in [0.2, 0.25) is 0 Å². The lowest BCUT2D eigenvalue weighted by molar-refractivity contribution is -0.124. The van der Waals surface area contributed by atoms with Gasteiger partial charge in [0, 0.05) is 5.56 Å². The molecular weight excluding hydrogens is 339 g/mol. The summed E-state index contributed by atoms with van der Waals surface area (Å²) in [4.78, 5) is 49.9. The number of carbonyl (C=O) groups is 4. The molecule has 3 amide bonds. The van der Waals surface area contributed by atoms with Gasteiger partial charge in [-0.1, -0.05) is 12.1 Å². The average molecular weight is 354 g/mol. The predicted molar refractivity (Wildman–Crippen MR) is 90.1 cm³/mol. The monoisotopic (exact) mass is 354 g/mol. The Morgan fingerprint density at radius 2 is 1.54 bits per heavy atom. The smallest absolute Gasteiger partial charge is 0.262 e. The number of amides is 3. The topological polar surface area (TPSA) is 83.6 Å². The first-order chi connectivity index (χ1) is 12.4. The van der Waals surface area contributed by atoms with Gasteiger partial charge in [-0.25, -0.2) is 4.39 Å². The summed E-state index contributed by atoms with van der Waals surface area (Å²) >= 11 is 0. The minimum absolute atomic E-state index is 0.250. The van der Waals surface area contributed by atoms with Crippen LogP contribution in [0, 0.1) is 5.82 Å². The molecule has 0 bridgehead atoms. The zero-order chi connectivity index (χ0) is 18.8. The molecule has 7 heteroatoms. The van der Waals surface area contributed by atoms with Gasteiger partial charge in [-0.05, 0) is 43.3 Å². The molecule has 1 N–H and O–H groups in total. The van der Waals surface area contributed by atoms with Gasteiger partial charge in [-0.15, -0.1) is 0 Å². The molecule has 0 saturated carbocycles. The lowest BCUT2D eigenvalue weighted by atomic mass is 10.1. The number of fused-ring (bicyclic) bond motifs is 1. The normalized spacial score (nSPS) is 14.2. The molecule has 0 radical (unpaired) electrons. The van der Waals surface area contributed by atoms with Crippen molar-refractivity contribution >= 4 is 23.5 Å². The van der Waals surface area contributed by atoms with E-state index < -0.39 is 35.4 Å². The minimum atomic E-state index is -1.07. The number of ketones is 1. The molecule has 1 atom stereocenters. The molecule has 0 aliphatic carbocycles. The van der Waals surface area contributed by atoms with Gasteiger partial charge in [0.1, 0.15) is 11.9 Å². The van der Waals surface area contributed by atoms with Crippen LogP contribution in [0.4, 0.5) is 4.39 Å². The minimum Gasteiger partial charge on any atom is -0.347 e. The van der Waals surface area contributed by atoms with Gasteiger partial charge in [0.2, 0.25) is 5.91 Å².